The van der Waals surface area contributed by atoms with Gasteiger partial charge in [0.05, 0.1) is 17.1 Å². The fourth-order valence-electron chi connectivity index (χ4n) is 4.68. The molecule has 0 amide bonds. The zero-order valence-corrected chi connectivity index (χ0v) is 18.5. The molecule has 3 aromatic carbocycles. The van der Waals surface area contributed by atoms with Crippen LogP contribution in [0.25, 0.3) is 11.3 Å². The van der Waals surface area contributed by atoms with Crippen molar-refractivity contribution in [2.75, 3.05) is 0 Å². The number of rotatable bonds is 5. The molecular weight excluding hydrogens is 390 g/mol. The van der Waals surface area contributed by atoms with E-state index in [0.717, 1.165) is 25.0 Å². The molecule has 0 fully saturated rings. The Balaban J connectivity index is 1.75. The molecule has 0 saturated heterocycles. The fourth-order valence-corrected chi connectivity index (χ4v) is 4.68. The summed E-state index contributed by atoms with van der Waals surface area (Å²) in [5.41, 5.74) is 8.58. The number of aryl methyl sites for hydroxylation is 1. The van der Waals surface area contributed by atoms with Gasteiger partial charge in [-0.2, -0.15) is 0 Å². The Morgan fingerprint density at radius 1 is 0.656 bits per heavy atom. The van der Waals surface area contributed by atoms with Crippen LogP contribution in [0.15, 0.2) is 91.0 Å². The number of hydrogen-bond donors (Lipinski definition) is 0. The van der Waals surface area contributed by atoms with Gasteiger partial charge in [-0.1, -0.05) is 109 Å². The van der Waals surface area contributed by atoms with Crippen molar-refractivity contribution in [2.24, 2.45) is 0 Å². The highest BCUT2D eigenvalue weighted by atomic mass is 15.4. The molecule has 3 nitrogen and oxygen atoms in total. The van der Waals surface area contributed by atoms with Crippen molar-refractivity contribution in [1.29, 1.82) is 0 Å². The minimum Gasteiger partial charge on any atom is -0.216 e. The smallest absolute Gasteiger partial charge is 0.0863 e. The lowest BCUT2D eigenvalue weighted by molar-refractivity contribution is 0.603. The SMILES string of the molecule is c1ccc(C/C(=C(\c2ccccc2)n2nnc3c2CCCCCC3)c2ccccc2)cc1. The molecular formula is C29H29N3. The van der Waals surface area contributed by atoms with Crippen molar-refractivity contribution in [3.05, 3.63) is 119 Å². The van der Waals surface area contributed by atoms with Gasteiger partial charge in [0.15, 0.2) is 0 Å². The van der Waals surface area contributed by atoms with E-state index in [9.17, 15) is 0 Å². The first-order valence-corrected chi connectivity index (χ1v) is 11.7. The van der Waals surface area contributed by atoms with Gasteiger partial charge in [0.25, 0.3) is 0 Å². The van der Waals surface area contributed by atoms with E-state index in [1.165, 1.54) is 59.3 Å². The number of benzene rings is 3. The van der Waals surface area contributed by atoms with E-state index >= 15 is 0 Å². The lowest BCUT2D eigenvalue weighted by Crippen LogP contribution is -2.11. The average Bonchev–Trinajstić information content (AvgIpc) is 3.21. The number of fused-ring (bicyclic) bond motifs is 1. The molecule has 0 radical (unpaired) electrons. The highest BCUT2D eigenvalue weighted by molar-refractivity contribution is 5.91. The topological polar surface area (TPSA) is 30.7 Å². The van der Waals surface area contributed by atoms with Crippen molar-refractivity contribution < 1.29 is 0 Å². The van der Waals surface area contributed by atoms with Gasteiger partial charge in [-0.25, -0.2) is 4.68 Å². The Kier molecular flexibility index (Phi) is 6.25. The molecule has 5 rings (SSSR count). The number of allylic oxidation sites excluding steroid dienone is 1. The van der Waals surface area contributed by atoms with Gasteiger partial charge in [-0.05, 0) is 42.4 Å². The summed E-state index contributed by atoms with van der Waals surface area (Å²) in [6, 6.07) is 32.2. The monoisotopic (exact) mass is 419 g/mol. The minimum absolute atomic E-state index is 0.837. The predicted molar refractivity (Wildman–Crippen MR) is 131 cm³/mol. The summed E-state index contributed by atoms with van der Waals surface area (Å²) < 4.78 is 2.15. The molecule has 3 heteroatoms. The maximum absolute atomic E-state index is 4.75. The second-order valence-electron chi connectivity index (χ2n) is 8.53. The summed E-state index contributed by atoms with van der Waals surface area (Å²) in [6.45, 7) is 0. The van der Waals surface area contributed by atoms with Crippen molar-refractivity contribution in [2.45, 2.75) is 44.9 Å². The molecule has 0 saturated carbocycles. The van der Waals surface area contributed by atoms with Gasteiger partial charge in [-0.15, -0.1) is 5.10 Å². The second kappa shape index (κ2) is 9.78. The maximum atomic E-state index is 4.75. The molecule has 0 atom stereocenters. The third-order valence-electron chi connectivity index (χ3n) is 6.31. The van der Waals surface area contributed by atoms with Gasteiger partial charge in [0, 0.05) is 12.0 Å². The van der Waals surface area contributed by atoms with Crippen LogP contribution in [-0.2, 0) is 19.3 Å². The Morgan fingerprint density at radius 3 is 1.94 bits per heavy atom. The summed E-state index contributed by atoms with van der Waals surface area (Å²) in [4.78, 5) is 0. The van der Waals surface area contributed by atoms with Crippen LogP contribution in [-0.4, -0.2) is 15.0 Å². The van der Waals surface area contributed by atoms with Gasteiger partial charge in [0.1, 0.15) is 0 Å². The molecule has 1 aliphatic rings. The van der Waals surface area contributed by atoms with Crippen molar-refractivity contribution >= 4 is 11.3 Å². The first-order valence-electron chi connectivity index (χ1n) is 11.7. The molecule has 1 aromatic heterocycles. The van der Waals surface area contributed by atoms with Crippen LogP contribution < -0.4 is 0 Å². The zero-order chi connectivity index (χ0) is 21.6. The summed E-state index contributed by atoms with van der Waals surface area (Å²) in [5, 5.41) is 9.42. The lowest BCUT2D eigenvalue weighted by atomic mass is 9.93. The van der Waals surface area contributed by atoms with Gasteiger partial charge in [-0.3, -0.25) is 0 Å². The normalized spacial score (nSPS) is 14.8. The van der Waals surface area contributed by atoms with Crippen LogP contribution in [0.5, 0.6) is 0 Å². The number of hydrogen-bond acceptors (Lipinski definition) is 2. The average molecular weight is 420 g/mol. The molecule has 0 aliphatic heterocycles. The Morgan fingerprint density at radius 2 is 1.25 bits per heavy atom. The summed E-state index contributed by atoms with van der Waals surface area (Å²) in [5.74, 6) is 0. The highest BCUT2D eigenvalue weighted by Crippen LogP contribution is 2.33. The van der Waals surface area contributed by atoms with E-state index in [0.29, 0.717) is 0 Å². The second-order valence-corrected chi connectivity index (χ2v) is 8.53. The molecule has 32 heavy (non-hydrogen) atoms. The van der Waals surface area contributed by atoms with Crippen molar-refractivity contribution in [3.63, 3.8) is 0 Å². The van der Waals surface area contributed by atoms with E-state index in [1.807, 2.05) is 0 Å². The molecule has 0 N–H and O–H groups in total. The third kappa shape index (κ3) is 4.43. The predicted octanol–water partition coefficient (Wildman–Crippen LogP) is 6.60. The van der Waals surface area contributed by atoms with E-state index in [-0.39, 0.29) is 0 Å². The van der Waals surface area contributed by atoms with Crippen molar-refractivity contribution in [1.82, 2.24) is 15.0 Å². The van der Waals surface area contributed by atoms with Gasteiger partial charge in [0.2, 0.25) is 0 Å². The van der Waals surface area contributed by atoms with Crippen molar-refractivity contribution in [3.8, 4) is 0 Å². The summed E-state index contributed by atoms with van der Waals surface area (Å²) in [6.07, 6.45) is 7.86. The van der Waals surface area contributed by atoms with Gasteiger partial charge >= 0.3 is 0 Å². The molecule has 1 heterocycles. The Hall–Kier alpha value is -3.46. The van der Waals surface area contributed by atoms with E-state index in [1.54, 1.807) is 0 Å². The maximum Gasteiger partial charge on any atom is 0.0863 e. The first kappa shape index (κ1) is 20.4. The van der Waals surface area contributed by atoms with E-state index < -0.39 is 0 Å². The molecule has 0 bridgehead atoms. The van der Waals surface area contributed by atoms with Crippen LogP contribution in [0.2, 0.25) is 0 Å². The molecule has 4 aromatic rings. The summed E-state index contributed by atoms with van der Waals surface area (Å²) >= 11 is 0. The number of aromatic nitrogens is 3. The lowest BCUT2D eigenvalue weighted by Gasteiger charge is -2.19. The minimum atomic E-state index is 0.837. The third-order valence-corrected chi connectivity index (χ3v) is 6.31. The van der Waals surface area contributed by atoms with Crippen LogP contribution in [0.3, 0.4) is 0 Å². The van der Waals surface area contributed by atoms with Crippen LogP contribution in [0.4, 0.5) is 0 Å². The largest absolute Gasteiger partial charge is 0.216 e. The molecule has 1 aliphatic carbocycles. The van der Waals surface area contributed by atoms with E-state index in [2.05, 4.69) is 101 Å². The van der Waals surface area contributed by atoms with Crippen LogP contribution in [0.1, 0.15) is 53.8 Å². The first-order chi connectivity index (χ1) is 15.9. The Bertz CT molecular complexity index is 1180. The standard InChI is InChI=1S/C29H29N3/c1-2-13-21-28-27(20-12-1)30-31-32(28)29(25-18-10-5-11-19-25)26(24-16-8-4-9-17-24)22-23-14-6-3-7-15-23/h3-11,14-19H,1-2,12-13,20-22H2/b29-26-. The Labute approximate surface area is 190 Å². The molecule has 160 valence electrons. The van der Waals surface area contributed by atoms with E-state index in [4.69, 9.17) is 5.21 Å². The zero-order valence-electron chi connectivity index (χ0n) is 18.5. The quantitative estimate of drug-likeness (QED) is 0.341. The van der Waals surface area contributed by atoms with Crippen LogP contribution >= 0.6 is 0 Å². The highest BCUT2D eigenvalue weighted by Gasteiger charge is 2.22. The van der Waals surface area contributed by atoms with Crippen LogP contribution in [0, 0.1) is 0 Å². The van der Waals surface area contributed by atoms with Gasteiger partial charge < -0.3 is 0 Å². The summed E-state index contributed by atoms with van der Waals surface area (Å²) in [7, 11) is 0. The fraction of sp³-hybridized carbons (Fsp3) is 0.241. The number of nitrogens with zero attached hydrogens (tertiary/aromatic N) is 3. The molecule has 0 spiro atoms. The molecule has 0 unspecified atom stereocenters.